The Balaban J connectivity index is 2.25. The molecular formula is C11H11ClO. The van der Waals surface area contributed by atoms with E-state index in [-0.39, 0.29) is 5.41 Å². The van der Waals surface area contributed by atoms with Gasteiger partial charge in [0.05, 0.1) is 0 Å². The SMILES string of the molecule is O=CCC1(c2ccc(Cl)cc2)CC1. The van der Waals surface area contributed by atoms with Crippen molar-refractivity contribution in [1.29, 1.82) is 0 Å². The maximum atomic E-state index is 10.5. The van der Waals surface area contributed by atoms with Gasteiger partial charge < -0.3 is 4.79 Å². The van der Waals surface area contributed by atoms with Gasteiger partial charge in [-0.25, -0.2) is 0 Å². The molecule has 2 rings (SSSR count). The van der Waals surface area contributed by atoms with Crippen molar-refractivity contribution in [1.82, 2.24) is 0 Å². The summed E-state index contributed by atoms with van der Waals surface area (Å²) in [6, 6.07) is 7.83. The Kier molecular flexibility index (Phi) is 2.12. The minimum atomic E-state index is 0.159. The molecule has 1 fully saturated rings. The minimum Gasteiger partial charge on any atom is -0.303 e. The van der Waals surface area contributed by atoms with E-state index in [1.165, 1.54) is 5.56 Å². The molecule has 0 bridgehead atoms. The molecule has 1 saturated carbocycles. The number of aldehydes is 1. The van der Waals surface area contributed by atoms with Gasteiger partial charge in [0.1, 0.15) is 6.29 Å². The minimum absolute atomic E-state index is 0.159. The van der Waals surface area contributed by atoms with Crippen molar-refractivity contribution in [3.05, 3.63) is 34.9 Å². The predicted octanol–water partition coefficient (Wildman–Crippen LogP) is 2.96. The lowest BCUT2D eigenvalue weighted by molar-refractivity contribution is -0.108. The van der Waals surface area contributed by atoms with Crippen LogP contribution >= 0.6 is 11.6 Å². The van der Waals surface area contributed by atoms with Crippen LogP contribution in [0.4, 0.5) is 0 Å². The van der Waals surface area contributed by atoms with Gasteiger partial charge in [-0.05, 0) is 30.5 Å². The van der Waals surface area contributed by atoms with E-state index in [1.54, 1.807) is 0 Å². The first kappa shape index (κ1) is 8.76. The molecule has 0 aliphatic heterocycles. The van der Waals surface area contributed by atoms with Gasteiger partial charge in [-0.2, -0.15) is 0 Å². The Bertz CT molecular complexity index is 311. The fourth-order valence-electron chi connectivity index (χ4n) is 1.72. The summed E-state index contributed by atoms with van der Waals surface area (Å²) in [6.07, 6.45) is 3.93. The Labute approximate surface area is 82.7 Å². The molecule has 1 aliphatic rings. The van der Waals surface area contributed by atoms with Crippen LogP contribution in [-0.2, 0) is 10.2 Å². The zero-order valence-electron chi connectivity index (χ0n) is 7.29. The molecule has 1 aliphatic carbocycles. The first-order valence-corrected chi connectivity index (χ1v) is 4.84. The van der Waals surface area contributed by atoms with Gasteiger partial charge in [0.25, 0.3) is 0 Å². The number of halogens is 1. The number of rotatable bonds is 3. The van der Waals surface area contributed by atoms with Crippen LogP contribution in [0.15, 0.2) is 24.3 Å². The molecule has 0 amide bonds. The van der Waals surface area contributed by atoms with Crippen LogP contribution in [-0.4, -0.2) is 6.29 Å². The summed E-state index contributed by atoms with van der Waals surface area (Å²) >= 11 is 5.79. The van der Waals surface area contributed by atoms with Crippen molar-refractivity contribution in [2.24, 2.45) is 0 Å². The number of benzene rings is 1. The summed E-state index contributed by atoms with van der Waals surface area (Å²) in [7, 11) is 0. The molecule has 1 aromatic rings. The molecule has 0 N–H and O–H groups in total. The summed E-state index contributed by atoms with van der Waals surface area (Å²) in [4.78, 5) is 10.5. The lowest BCUT2D eigenvalue weighted by atomic mass is 9.93. The second kappa shape index (κ2) is 3.15. The molecule has 0 aromatic heterocycles. The van der Waals surface area contributed by atoms with E-state index in [2.05, 4.69) is 0 Å². The van der Waals surface area contributed by atoms with Crippen LogP contribution in [0.25, 0.3) is 0 Å². The van der Waals surface area contributed by atoms with Crippen molar-refractivity contribution in [3.8, 4) is 0 Å². The topological polar surface area (TPSA) is 17.1 Å². The molecule has 1 aromatic carbocycles. The van der Waals surface area contributed by atoms with Gasteiger partial charge in [0.15, 0.2) is 0 Å². The predicted molar refractivity (Wildman–Crippen MR) is 53.0 cm³/mol. The van der Waals surface area contributed by atoms with E-state index in [4.69, 9.17) is 11.6 Å². The van der Waals surface area contributed by atoms with Gasteiger partial charge >= 0.3 is 0 Å². The standard InChI is InChI=1S/C11H11ClO/c12-10-3-1-9(2-4-10)11(5-6-11)7-8-13/h1-4,8H,5-7H2. The molecular weight excluding hydrogens is 184 g/mol. The molecule has 0 radical (unpaired) electrons. The largest absolute Gasteiger partial charge is 0.303 e. The van der Waals surface area contributed by atoms with Crippen molar-refractivity contribution >= 4 is 17.9 Å². The molecule has 13 heavy (non-hydrogen) atoms. The van der Waals surface area contributed by atoms with E-state index in [9.17, 15) is 4.79 Å². The highest BCUT2D eigenvalue weighted by Gasteiger charge is 2.43. The smallest absolute Gasteiger partial charge is 0.120 e. The van der Waals surface area contributed by atoms with E-state index >= 15 is 0 Å². The van der Waals surface area contributed by atoms with Crippen molar-refractivity contribution < 1.29 is 4.79 Å². The summed E-state index contributed by atoms with van der Waals surface area (Å²) in [5.41, 5.74) is 1.41. The molecule has 68 valence electrons. The first-order valence-electron chi connectivity index (χ1n) is 4.46. The summed E-state index contributed by atoms with van der Waals surface area (Å²) in [5, 5.41) is 0.755. The maximum absolute atomic E-state index is 10.5. The third-order valence-electron chi connectivity index (χ3n) is 2.78. The Morgan fingerprint density at radius 3 is 2.38 bits per heavy atom. The Hall–Kier alpha value is -0.820. The molecule has 0 heterocycles. The average Bonchev–Trinajstić information content (AvgIpc) is 2.87. The zero-order valence-corrected chi connectivity index (χ0v) is 8.05. The lowest BCUT2D eigenvalue weighted by Crippen LogP contribution is -2.06. The van der Waals surface area contributed by atoms with Crippen molar-refractivity contribution in [2.45, 2.75) is 24.7 Å². The fraction of sp³-hybridized carbons (Fsp3) is 0.364. The summed E-state index contributed by atoms with van der Waals surface area (Å²) in [5.74, 6) is 0. The fourth-order valence-corrected chi connectivity index (χ4v) is 1.85. The number of hydrogen-bond donors (Lipinski definition) is 0. The van der Waals surface area contributed by atoms with E-state index < -0.39 is 0 Å². The lowest BCUT2D eigenvalue weighted by Gasteiger charge is -2.11. The molecule has 0 atom stereocenters. The third kappa shape index (κ3) is 1.61. The summed E-state index contributed by atoms with van der Waals surface area (Å²) < 4.78 is 0. The molecule has 0 unspecified atom stereocenters. The van der Waals surface area contributed by atoms with E-state index in [1.807, 2.05) is 24.3 Å². The molecule has 0 saturated heterocycles. The highest BCUT2D eigenvalue weighted by atomic mass is 35.5. The third-order valence-corrected chi connectivity index (χ3v) is 3.04. The van der Waals surface area contributed by atoms with Gasteiger partial charge in [-0.1, -0.05) is 23.7 Å². The van der Waals surface area contributed by atoms with Crippen molar-refractivity contribution in [2.75, 3.05) is 0 Å². The van der Waals surface area contributed by atoms with Crippen molar-refractivity contribution in [3.63, 3.8) is 0 Å². The van der Waals surface area contributed by atoms with Gasteiger partial charge in [0.2, 0.25) is 0 Å². The van der Waals surface area contributed by atoms with Gasteiger partial charge in [0, 0.05) is 16.9 Å². The quantitative estimate of drug-likeness (QED) is 0.677. The molecule has 1 nitrogen and oxygen atoms in total. The second-order valence-electron chi connectivity index (χ2n) is 3.66. The second-order valence-corrected chi connectivity index (χ2v) is 4.09. The zero-order chi connectivity index (χ0) is 9.31. The normalized spacial score (nSPS) is 18.2. The van der Waals surface area contributed by atoms with Crippen LogP contribution < -0.4 is 0 Å². The highest BCUT2D eigenvalue weighted by molar-refractivity contribution is 6.30. The van der Waals surface area contributed by atoms with Crippen LogP contribution in [0.3, 0.4) is 0 Å². The first-order chi connectivity index (χ1) is 6.27. The maximum Gasteiger partial charge on any atom is 0.120 e. The van der Waals surface area contributed by atoms with Crippen LogP contribution in [0, 0.1) is 0 Å². The van der Waals surface area contributed by atoms with Crippen LogP contribution in [0.2, 0.25) is 5.02 Å². The summed E-state index contributed by atoms with van der Waals surface area (Å²) in [6.45, 7) is 0. The van der Waals surface area contributed by atoms with E-state index in [0.717, 1.165) is 24.2 Å². The highest BCUT2D eigenvalue weighted by Crippen LogP contribution is 2.50. The molecule has 2 heteroatoms. The van der Waals surface area contributed by atoms with Crippen LogP contribution in [0.5, 0.6) is 0 Å². The Morgan fingerprint density at radius 2 is 1.92 bits per heavy atom. The number of hydrogen-bond acceptors (Lipinski definition) is 1. The van der Waals surface area contributed by atoms with Crippen LogP contribution in [0.1, 0.15) is 24.8 Å². The van der Waals surface area contributed by atoms with Gasteiger partial charge in [-0.15, -0.1) is 0 Å². The molecule has 0 spiro atoms. The average molecular weight is 195 g/mol. The number of carbonyl (C=O) groups is 1. The Morgan fingerprint density at radius 1 is 1.31 bits per heavy atom. The number of carbonyl (C=O) groups excluding carboxylic acids is 1. The van der Waals surface area contributed by atoms with Gasteiger partial charge in [-0.3, -0.25) is 0 Å². The monoisotopic (exact) mass is 194 g/mol. The van der Waals surface area contributed by atoms with E-state index in [0.29, 0.717) is 6.42 Å².